The first kappa shape index (κ1) is 16.5. The van der Waals surface area contributed by atoms with E-state index in [-0.39, 0.29) is 12.8 Å². The van der Waals surface area contributed by atoms with Crippen molar-refractivity contribution < 1.29 is 19.0 Å². The summed E-state index contributed by atoms with van der Waals surface area (Å²) in [5.74, 6) is 1.88. The van der Waals surface area contributed by atoms with Gasteiger partial charge in [-0.15, -0.1) is 0 Å². The van der Waals surface area contributed by atoms with Crippen molar-refractivity contribution in [1.82, 2.24) is 10.2 Å². The molecule has 3 aliphatic heterocycles. The molecule has 0 aromatic heterocycles. The van der Waals surface area contributed by atoms with Gasteiger partial charge < -0.3 is 24.8 Å². The van der Waals surface area contributed by atoms with Crippen LogP contribution in [0.5, 0.6) is 11.5 Å². The lowest BCUT2D eigenvalue weighted by Gasteiger charge is -2.31. The van der Waals surface area contributed by atoms with Gasteiger partial charge in [0.25, 0.3) is 0 Å². The Bertz CT molecular complexity index is 596. The Labute approximate surface area is 147 Å². The summed E-state index contributed by atoms with van der Waals surface area (Å²) in [6.45, 7) is 4.74. The number of anilines is 1. The zero-order valence-electron chi connectivity index (χ0n) is 14.3. The summed E-state index contributed by atoms with van der Waals surface area (Å²) in [5, 5.41) is 5.91. The van der Waals surface area contributed by atoms with Crippen LogP contribution >= 0.6 is 0 Å². The Hall–Kier alpha value is -1.99. The van der Waals surface area contributed by atoms with E-state index in [1.807, 2.05) is 6.07 Å². The van der Waals surface area contributed by atoms with Crippen LogP contribution in [0.15, 0.2) is 18.2 Å². The zero-order chi connectivity index (χ0) is 17.1. The molecule has 1 aromatic rings. The van der Waals surface area contributed by atoms with Crippen LogP contribution in [-0.2, 0) is 4.74 Å². The van der Waals surface area contributed by atoms with Gasteiger partial charge in [0.2, 0.25) is 6.79 Å². The Kier molecular flexibility index (Phi) is 4.94. The van der Waals surface area contributed by atoms with E-state index in [2.05, 4.69) is 15.5 Å². The van der Waals surface area contributed by atoms with Gasteiger partial charge in [0.1, 0.15) is 0 Å². The van der Waals surface area contributed by atoms with E-state index in [0.29, 0.717) is 35.7 Å². The fourth-order valence-corrected chi connectivity index (χ4v) is 3.87. The van der Waals surface area contributed by atoms with Gasteiger partial charge in [0, 0.05) is 36.9 Å². The molecule has 4 rings (SSSR count). The molecule has 7 heteroatoms. The highest BCUT2D eigenvalue weighted by Crippen LogP contribution is 2.34. The van der Waals surface area contributed by atoms with Crippen molar-refractivity contribution in [2.45, 2.75) is 25.3 Å². The fourth-order valence-electron chi connectivity index (χ4n) is 3.87. The van der Waals surface area contributed by atoms with Crippen molar-refractivity contribution in [1.29, 1.82) is 0 Å². The molecule has 3 aliphatic rings. The van der Waals surface area contributed by atoms with Crippen LogP contribution in [0.3, 0.4) is 0 Å². The lowest BCUT2D eigenvalue weighted by atomic mass is 9.97. The molecule has 2 N–H and O–H groups in total. The Morgan fingerprint density at radius 2 is 2.08 bits per heavy atom. The SMILES string of the molecule is O=C(NC[C@@H]([C@H]1CCOC1)N1CCCC1)Nc1ccc2c(c1)OCO2. The lowest BCUT2D eigenvalue weighted by Crippen LogP contribution is -2.48. The van der Waals surface area contributed by atoms with Crippen molar-refractivity contribution in [3.8, 4) is 11.5 Å². The largest absolute Gasteiger partial charge is 0.454 e. The molecule has 7 nitrogen and oxygen atoms in total. The average molecular weight is 347 g/mol. The molecule has 0 radical (unpaired) electrons. The minimum absolute atomic E-state index is 0.193. The molecule has 2 fully saturated rings. The minimum atomic E-state index is -0.193. The lowest BCUT2D eigenvalue weighted by molar-refractivity contribution is 0.135. The summed E-state index contributed by atoms with van der Waals surface area (Å²) < 4.78 is 16.2. The number of ether oxygens (including phenoxy) is 3. The van der Waals surface area contributed by atoms with Crippen LogP contribution < -0.4 is 20.1 Å². The van der Waals surface area contributed by atoms with Crippen LogP contribution in [0.1, 0.15) is 19.3 Å². The normalized spacial score (nSPS) is 23.6. The summed E-state index contributed by atoms with van der Waals surface area (Å²) in [5.41, 5.74) is 0.698. The third kappa shape index (κ3) is 3.82. The molecule has 0 bridgehead atoms. The maximum Gasteiger partial charge on any atom is 0.319 e. The maximum absolute atomic E-state index is 12.3. The van der Waals surface area contributed by atoms with E-state index in [0.717, 1.165) is 32.7 Å². The molecule has 2 amide bonds. The Morgan fingerprint density at radius 1 is 1.24 bits per heavy atom. The summed E-state index contributed by atoms with van der Waals surface area (Å²) in [7, 11) is 0. The molecule has 0 saturated carbocycles. The number of hydrogen-bond acceptors (Lipinski definition) is 5. The van der Waals surface area contributed by atoms with Gasteiger partial charge in [-0.1, -0.05) is 0 Å². The molecule has 2 atom stereocenters. The molecule has 0 spiro atoms. The van der Waals surface area contributed by atoms with Crippen LogP contribution in [-0.4, -0.2) is 56.6 Å². The molecule has 2 saturated heterocycles. The number of nitrogens with one attached hydrogen (secondary N) is 2. The number of amides is 2. The highest BCUT2D eigenvalue weighted by Gasteiger charge is 2.32. The maximum atomic E-state index is 12.3. The van der Waals surface area contributed by atoms with Crippen LogP contribution in [0.25, 0.3) is 0 Å². The van der Waals surface area contributed by atoms with E-state index in [4.69, 9.17) is 14.2 Å². The van der Waals surface area contributed by atoms with Crippen molar-refractivity contribution in [3.05, 3.63) is 18.2 Å². The van der Waals surface area contributed by atoms with Crippen LogP contribution in [0, 0.1) is 5.92 Å². The molecule has 1 aromatic carbocycles. The van der Waals surface area contributed by atoms with Crippen molar-refractivity contribution in [2.75, 3.05) is 45.0 Å². The van der Waals surface area contributed by atoms with Gasteiger partial charge in [0.15, 0.2) is 11.5 Å². The number of rotatable bonds is 5. The first-order chi connectivity index (χ1) is 12.3. The summed E-state index contributed by atoms with van der Waals surface area (Å²) in [6.07, 6.45) is 3.56. The second-order valence-electron chi connectivity index (χ2n) is 6.84. The molecular formula is C18H25N3O4. The number of nitrogens with zero attached hydrogens (tertiary/aromatic N) is 1. The van der Waals surface area contributed by atoms with Gasteiger partial charge in [0.05, 0.1) is 6.61 Å². The smallest absolute Gasteiger partial charge is 0.319 e. The average Bonchev–Trinajstić information content (AvgIpc) is 3.37. The van der Waals surface area contributed by atoms with Gasteiger partial charge in [-0.2, -0.15) is 0 Å². The number of carbonyl (C=O) groups excluding carboxylic acids is 1. The standard InChI is InChI=1S/C18H25N3O4/c22-18(20-14-3-4-16-17(9-14)25-12-24-16)19-10-15(13-5-8-23-11-13)21-6-1-2-7-21/h3-4,9,13,15H,1-2,5-8,10-12H2,(H2,19,20,22)/t13-,15-/m0/s1. The number of hydrogen-bond donors (Lipinski definition) is 2. The van der Waals surface area contributed by atoms with E-state index in [1.54, 1.807) is 12.1 Å². The number of fused-ring (bicyclic) bond motifs is 1. The predicted molar refractivity (Wildman–Crippen MR) is 93.1 cm³/mol. The first-order valence-electron chi connectivity index (χ1n) is 9.06. The predicted octanol–water partition coefficient (Wildman–Crippen LogP) is 2.04. The van der Waals surface area contributed by atoms with E-state index >= 15 is 0 Å². The van der Waals surface area contributed by atoms with Gasteiger partial charge in [-0.05, 0) is 44.5 Å². The summed E-state index contributed by atoms with van der Waals surface area (Å²) in [6, 6.07) is 5.57. The first-order valence-corrected chi connectivity index (χ1v) is 9.06. The Morgan fingerprint density at radius 3 is 2.88 bits per heavy atom. The van der Waals surface area contributed by atoms with Crippen molar-refractivity contribution >= 4 is 11.7 Å². The van der Waals surface area contributed by atoms with E-state index in [9.17, 15) is 4.79 Å². The third-order valence-corrected chi connectivity index (χ3v) is 5.22. The Balaban J connectivity index is 1.33. The summed E-state index contributed by atoms with van der Waals surface area (Å²) >= 11 is 0. The second-order valence-corrected chi connectivity index (χ2v) is 6.84. The summed E-state index contributed by atoms with van der Waals surface area (Å²) in [4.78, 5) is 14.8. The number of likely N-dealkylation sites (tertiary alicyclic amines) is 1. The molecule has 0 unspecified atom stereocenters. The van der Waals surface area contributed by atoms with E-state index in [1.165, 1.54) is 12.8 Å². The van der Waals surface area contributed by atoms with E-state index < -0.39 is 0 Å². The molecule has 3 heterocycles. The van der Waals surface area contributed by atoms with Gasteiger partial charge in [-0.3, -0.25) is 4.90 Å². The highest BCUT2D eigenvalue weighted by molar-refractivity contribution is 5.89. The topological polar surface area (TPSA) is 72.1 Å². The van der Waals surface area contributed by atoms with Crippen LogP contribution in [0.4, 0.5) is 10.5 Å². The zero-order valence-corrected chi connectivity index (χ0v) is 14.3. The number of urea groups is 1. The molecule has 136 valence electrons. The second kappa shape index (κ2) is 7.49. The molecular weight excluding hydrogens is 322 g/mol. The van der Waals surface area contributed by atoms with Crippen molar-refractivity contribution in [2.24, 2.45) is 5.92 Å². The monoisotopic (exact) mass is 347 g/mol. The number of carbonyl (C=O) groups is 1. The highest BCUT2D eigenvalue weighted by atomic mass is 16.7. The fraction of sp³-hybridized carbons (Fsp3) is 0.611. The molecule has 0 aliphatic carbocycles. The van der Waals surface area contributed by atoms with Gasteiger partial charge >= 0.3 is 6.03 Å². The van der Waals surface area contributed by atoms with Crippen molar-refractivity contribution in [3.63, 3.8) is 0 Å². The molecule has 25 heavy (non-hydrogen) atoms. The quantitative estimate of drug-likeness (QED) is 0.853. The van der Waals surface area contributed by atoms with Gasteiger partial charge in [-0.25, -0.2) is 4.79 Å². The number of benzene rings is 1. The third-order valence-electron chi connectivity index (χ3n) is 5.22. The minimum Gasteiger partial charge on any atom is -0.454 e. The van der Waals surface area contributed by atoms with Crippen LogP contribution in [0.2, 0.25) is 0 Å².